The topological polar surface area (TPSA) is 70.7 Å². The van der Waals surface area contributed by atoms with Gasteiger partial charge in [-0.15, -0.1) is 5.10 Å². The summed E-state index contributed by atoms with van der Waals surface area (Å²) >= 11 is 4.82. The van der Waals surface area contributed by atoms with Crippen LogP contribution in [0.4, 0.5) is 0 Å². The van der Waals surface area contributed by atoms with Crippen LogP contribution < -0.4 is 5.32 Å². The highest BCUT2D eigenvalue weighted by atomic mass is 79.9. The second kappa shape index (κ2) is 6.83. The highest BCUT2D eigenvalue weighted by Gasteiger charge is 2.21. The number of benzene rings is 1. The standard InChI is InChI=1S/C15H19BrN4OS/c1-9(13(21)18-15(2,3)4)22-14-17-12(19-20-14)10-7-5-6-8-11(10)16/h5-9H,1-4H3,(H,18,21)(H,17,19,20)/t9-/m0/s1. The number of amides is 1. The van der Waals surface area contributed by atoms with Gasteiger partial charge in [0.05, 0.1) is 5.25 Å². The second-order valence-electron chi connectivity index (χ2n) is 5.95. The predicted molar refractivity (Wildman–Crippen MR) is 92.7 cm³/mol. The van der Waals surface area contributed by atoms with Crippen molar-refractivity contribution >= 4 is 33.6 Å². The van der Waals surface area contributed by atoms with Crippen LogP contribution in [-0.4, -0.2) is 31.9 Å². The Morgan fingerprint density at radius 3 is 2.68 bits per heavy atom. The number of hydrogen-bond donors (Lipinski definition) is 2. The van der Waals surface area contributed by atoms with Crippen molar-refractivity contribution in [3.63, 3.8) is 0 Å². The van der Waals surface area contributed by atoms with Crippen molar-refractivity contribution in [3.05, 3.63) is 28.7 Å². The molecule has 0 spiro atoms. The lowest BCUT2D eigenvalue weighted by atomic mass is 10.1. The van der Waals surface area contributed by atoms with Crippen LogP contribution in [0.5, 0.6) is 0 Å². The lowest BCUT2D eigenvalue weighted by Gasteiger charge is -2.22. The Morgan fingerprint density at radius 1 is 1.36 bits per heavy atom. The third kappa shape index (κ3) is 4.58. The van der Waals surface area contributed by atoms with Crippen LogP contribution in [0.2, 0.25) is 0 Å². The number of carbonyl (C=O) groups is 1. The third-order valence-corrected chi connectivity index (χ3v) is 4.40. The van der Waals surface area contributed by atoms with E-state index in [2.05, 4.69) is 36.4 Å². The van der Waals surface area contributed by atoms with Crippen molar-refractivity contribution in [1.82, 2.24) is 20.5 Å². The monoisotopic (exact) mass is 382 g/mol. The molecule has 5 nitrogen and oxygen atoms in total. The molecular weight excluding hydrogens is 364 g/mol. The zero-order chi connectivity index (χ0) is 16.3. The number of H-pyrrole nitrogens is 1. The van der Waals surface area contributed by atoms with E-state index in [4.69, 9.17) is 0 Å². The van der Waals surface area contributed by atoms with E-state index in [1.807, 2.05) is 52.0 Å². The molecule has 1 aromatic heterocycles. The van der Waals surface area contributed by atoms with Gasteiger partial charge < -0.3 is 5.32 Å². The number of thioether (sulfide) groups is 1. The molecule has 1 amide bonds. The van der Waals surface area contributed by atoms with Crippen LogP contribution in [0.15, 0.2) is 33.9 Å². The van der Waals surface area contributed by atoms with E-state index in [9.17, 15) is 4.79 Å². The smallest absolute Gasteiger partial charge is 0.233 e. The zero-order valence-electron chi connectivity index (χ0n) is 13.0. The molecule has 0 aliphatic carbocycles. The van der Waals surface area contributed by atoms with Gasteiger partial charge in [0.15, 0.2) is 5.82 Å². The number of rotatable bonds is 4. The number of aromatic amines is 1. The minimum Gasteiger partial charge on any atom is -0.351 e. The Hall–Kier alpha value is -1.34. The SMILES string of the molecule is C[C@H](Sc1n[nH]c(-c2ccccc2Br)n1)C(=O)NC(C)(C)C. The van der Waals surface area contributed by atoms with Crippen molar-refractivity contribution in [1.29, 1.82) is 0 Å². The van der Waals surface area contributed by atoms with Gasteiger partial charge in [-0.05, 0) is 33.8 Å². The summed E-state index contributed by atoms with van der Waals surface area (Å²) in [6.45, 7) is 7.72. The maximum absolute atomic E-state index is 12.1. The van der Waals surface area contributed by atoms with E-state index < -0.39 is 0 Å². The van der Waals surface area contributed by atoms with Gasteiger partial charge in [0.2, 0.25) is 11.1 Å². The first-order valence-electron chi connectivity index (χ1n) is 6.92. The van der Waals surface area contributed by atoms with Gasteiger partial charge in [-0.1, -0.05) is 45.9 Å². The molecule has 2 N–H and O–H groups in total. The third-order valence-electron chi connectivity index (χ3n) is 2.74. The molecule has 0 aliphatic rings. The first-order valence-corrected chi connectivity index (χ1v) is 8.59. The molecule has 118 valence electrons. The molecule has 0 saturated carbocycles. The highest BCUT2D eigenvalue weighted by molar-refractivity contribution is 9.10. The Labute approximate surface area is 142 Å². The van der Waals surface area contributed by atoms with Crippen molar-refractivity contribution in [2.24, 2.45) is 0 Å². The highest BCUT2D eigenvalue weighted by Crippen LogP contribution is 2.27. The van der Waals surface area contributed by atoms with E-state index in [1.165, 1.54) is 11.8 Å². The molecule has 1 heterocycles. The van der Waals surface area contributed by atoms with Crippen LogP contribution in [0.25, 0.3) is 11.4 Å². The summed E-state index contributed by atoms with van der Waals surface area (Å²) in [5, 5.41) is 10.3. The second-order valence-corrected chi connectivity index (χ2v) is 8.11. The molecular formula is C15H19BrN4OS. The van der Waals surface area contributed by atoms with Crippen molar-refractivity contribution in [2.75, 3.05) is 0 Å². The molecule has 2 rings (SSSR count). The maximum Gasteiger partial charge on any atom is 0.233 e. The number of halogens is 1. The molecule has 1 aromatic carbocycles. The van der Waals surface area contributed by atoms with Gasteiger partial charge in [-0.25, -0.2) is 4.98 Å². The predicted octanol–water partition coefficient (Wildman–Crippen LogP) is 3.63. The fourth-order valence-corrected chi connectivity index (χ4v) is 2.95. The fourth-order valence-electron chi connectivity index (χ4n) is 1.76. The first-order chi connectivity index (χ1) is 10.3. The molecule has 0 fully saturated rings. The molecule has 1 atom stereocenters. The van der Waals surface area contributed by atoms with Crippen LogP contribution in [-0.2, 0) is 4.79 Å². The van der Waals surface area contributed by atoms with E-state index in [0.29, 0.717) is 11.0 Å². The Balaban J connectivity index is 2.06. The Morgan fingerprint density at radius 2 is 2.05 bits per heavy atom. The summed E-state index contributed by atoms with van der Waals surface area (Å²) in [6.07, 6.45) is 0. The maximum atomic E-state index is 12.1. The zero-order valence-corrected chi connectivity index (χ0v) is 15.4. The van der Waals surface area contributed by atoms with Gasteiger partial charge in [-0.2, -0.15) is 0 Å². The Kier molecular flexibility index (Phi) is 5.28. The average molecular weight is 383 g/mol. The van der Waals surface area contributed by atoms with Gasteiger partial charge >= 0.3 is 0 Å². The molecule has 0 aliphatic heterocycles. The normalized spacial score (nSPS) is 13.0. The number of nitrogens with zero attached hydrogens (tertiary/aromatic N) is 2. The molecule has 0 bridgehead atoms. The van der Waals surface area contributed by atoms with Gasteiger partial charge in [-0.3, -0.25) is 9.89 Å². The molecule has 7 heteroatoms. The molecule has 0 radical (unpaired) electrons. The number of aromatic nitrogens is 3. The summed E-state index contributed by atoms with van der Waals surface area (Å²) in [7, 11) is 0. The first kappa shape index (κ1) is 17.0. The summed E-state index contributed by atoms with van der Waals surface area (Å²) in [6, 6.07) is 7.78. The van der Waals surface area contributed by atoms with E-state index in [1.54, 1.807) is 0 Å². The number of nitrogens with one attached hydrogen (secondary N) is 2. The van der Waals surface area contributed by atoms with Gasteiger partial charge in [0.25, 0.3) is 0 Å². The van der Waals surface area contributed by atoms with Crippen LogP contribution in [0.3, 0.4) is 0 Å². The lowest BCUT2D eigenvalue weighted by molar-refractivity contribution is -0.121. The van der Waals surface area contributed by atoms with Gasteiger partial charge in [0.1, 0.15) is 0 Å². The average Bonchev–Trinajstić information content (AvgIpc) is 2.85. The summed E-state index contributed by atoms with van der Waals surface area (Å²) < 4.78 is 0.946. The molecule has 2 aromatic rings. The number of hydrogen-bond acceptors (Lipinski definition) is 4. The van der Waals surface area contributed by atoms with E-state index in [0.717, 1.165) is 10.0 Å². The summed E-state index contributed by atoms with van der Waals surface area (Å²) in [5.74, 6) is 0.656. The summed E-state index contributed by atoms with van der Waals surface area (Å²) in [5.41, 5.74) is 0.693. The summed E-state index contributed by atoms with van der Waals surface area (Å²) in [4.78, 5) is 16.5. The van der Waals surface area contributed by atoms with Crippen molar-refractivity contribution < 1.29 is 4.79 Å². The largest absolute Gasteiger partial charge is 0.351 e. The van der Waals surface area contributed by atoms with Crippen LogP contribution in [0, 0.1) is 0 Å². The molecule has 0 unspecified atom stereocenters. The van der Waals surface area contributed by atoms with Crippen LogP contribution >= 0.6 is 27.7 Å². The lowest BCUT2D eigenvalue weighted by Crippen LogP contribution is -2.44. The van der Waals surface area contributed by atoms with Gasteiger partial charge in [0, 0.05) is 15.6 Å². The van der Waals surface area contributed by atoms with Crippen molar-refractivity contribution in [2.45, 2.75) is 43.6 Å². The quantitative estimate of drug-likeness (QED) is 0.791. The minimum absolute atomic E-state index is 0.0234. The van der Waals surface area contributed by atoms with E-state index >= 15 is 0 Å². The fraction of sp³-hybridized carbons (Fsp3) is 0.400. The molecule has 0 saturated heterocycles. The number of carbonyl (C=O) groups excluding carboxylic acids is 1. The Bertz CT molecular complexity index is 666. The minimum atomic E-state index is -0.262. The van der Waals surface area contributed by atoms with Crippen LogP contribution in [0.1, 0.15) is 27.7 Å². The van der Waals surface area contributed by atoms with E-state index in [-0.39, 0.29) is 16.7 Å². The van der Waals surface area contributed by atoms with Crippen molar-refractivity contribution in [3.8, 4) is 11.4 Å². The molecule has 22 heavy (non-hydrogen) atoms.